The maximum absolute atomic E-state index is 8.95. The molecular weight excluding hydrogens is 164 g/mol. The molecule has 3 aliphatic heterocycles. The lowest BCUT2D eigenvalue weighted by Crippen LogP contribution is -2.65. The van der Waals surface area contributed by atoms with Gasteiger partial charge in [0.1, 0.15) is 19.8 Å². The summed E-state index contributed by atoms with van der Waals surface area (Å²) in [7, 11) is 1.55. The fourth-order valence-electron chi connectivity index (χ4n) is 1.29. The number of aliphatic hydroxyl groups excluding tert-OH is 1. The first-order valence-electron chi connectivity index (χ1n) is 3.82. The first kappa shape index (κ1) is 8.40. The predicted octanol–water partition coefficient (Wildman–Crippen LogP) is -0.905. The van der Waals surface area contributed by atoms with Gasteiger partial charge in [0.2, 0.25) is 11.6 Å². The third-order valence-electron chi connectivity index (χ3n) is 2.28. The molecule has 0 radical (unpaired) electrons. The lowest BCUT2D eigenvalue weighted by Gasteiger charge is -2.50. The Hall–Kier alpha value is -0.200. The van der Waals surface area contributed by atoms with Gasteiger partial charge in [-0.25, -0.2) is 0 Å². The van der Waals surface area contributed by atoms with Gasteiger partial charge in [0.25, 0.3) is 0 Å². The van der Waals surface area contributed by atoms with Crippen LogP contribution in [0.15, 0.2) is 0 Å². The molecule has 3 aliphatic rings. The van der Waals surface area contributed by atoms with Crippen LogP contribution in [0.25, 0.3) is 0 Å². The highest BCUT2D eigenvalue weighted by Crippen LogP contribution is 2.34. The minimum atomic E-state index is -0.944. The second-order valence-electron chi connectivity index (χ2n) is 3.05. The molecule has 0 atom stereocenters. The van der Waals surface area contributed by atoms with Crippen molar-refractivity contribution in [2.45, 2.75) is 11.6 Å². The molecule has 2 bridgehead atoms. The zero-order chi connectivity index (χ0) is 8.66. The van der Waals surface area contributed by atoms with E-state index in [9.17, 15) is 0 Å². The lowest BCUT2D eigenvalue weighted by molar-refractivity contribution is -0.453. The van der Waals surface area contributed by atoms with Crippen LogP contribution in [-0.4, -0.2) is 50.2 Å². The van der Waals surface area contributed by atoms with Gasteiger partial charge in [-0.2, -0.15) is 0 Å². The van der Waals surface area contributed by atoms with Crippen LogP contribution in [-0.2, 0) is 18.9 Å². The van der Waals surface area contributed by atoms with Gasteiger partial charge in [0.15, 0.2) is 0 Å². The second kappa shape index (κ2) is 2.65. The predicted molar refractivity (Wildman–Crippen MR) is 37.4 cm³/mol. The first-order valence-corrected chi connectivity index (χ1v) is 3.82. The molecule has 3 saturated heterocycles. The fourth-order valence-corrected chi connectivity index (χ4v) is 1.29. The number of fused-ring (bicyclic) bond motifs is 3. The molecule has 0 aromatic carbocycles. The van der Waals surface area contributed by atoms with Gasteiger partial charge in [-0.05, 0) is 0 Å². The molecule has 70 valence electrons. The zero-order valence-corrected chi connectivity index (χ0v) is 6.91. The van der Waals surface area contributed by atoms with Crippen molar-refractivity contribution in [3.05, 3.63) is 0 Å². The Bertz CT molecular complexity index is 136. The van der Waals surface area contributed by atoms with Crippen LogP contribution < -0.4 is 0 Å². The number of rotatable bonds is 2. The van der Waals surface area contributed by atoms with Gasteiger partial charge >= 0.3 is 0 Å². The lowest BCUT2D eigenvalue weighted by atomic mass is 10.1. The largest absolute Gasteiger partial charge is 0.391 e. The van der Waals surface area contributed by atoms with E-state index < -0.39 is 11.6 Å². The molecule has 1 N–H and O–H groups in total. The van der Waals surface area contributed by atoms with Crippen molar-refractivity contribution in [3.8, 4) is 0 Å². The molecule has 3 fully saturated rings. The van der Waals surface area contributed by atoms with Crippen LogP contribution in [0.5, 0.6) is 0 Å². The number of ether oxygens (including phenoxy) is 4. The summed E-state index contributed by atoms with van der Waals surface area (Å²) < 4.78 is 21.0. The van der Waals surface area contributed by atoms with Crippen molar-refractivity contribution in [1.82, 2.24) is 0 Å². The van der Waals surface area contributed by atoms with E-state index in [1.165, 1.54) is 0 Å². The van der Waals surface area contributed by atoms with E-state index in [4.69, 9.17) is 24.1 Å². The number of aliphatic hydroxyl groups is 1. The molecule has 0 aromatic heterocycles. The summed E-state index contributed by atoms with van der Waals surface area (Å²) in [6.45, 7) is 0.651. The molecule has 0 unspecified atom stereocenters. The molecule has 0 amide bonds. The van der Waals surface area contributed by atoms with Crippen molar-refractivity contribution in [3.63, 3.8) is 0 Å². The minimum Gasteiger partial charge on any atom is -0.391 e. The Balaban J connectivity index is 2.09. The van der Waals surface area contributed by atoms with Gasteiger partial charge in [-0.1, -0.05) is 0 Å². The Morgan fingerprint density at radius 1 is 1.25 bits per heavy atom. The van der Waals surface area contributed by atoms with Gasteiger partial charge in [-0.3, -0.25) is 0 Å². The van der Waals surface area contributed by atoms with E-state index in [2.05, 4.69) is 0 Å². The summed E-state index contributed by atoms with van der Waals surface area (Å²) in [5, 5.41) is 8.95. The smallest absolute Gasteiger partial charge is 0.216 e. The van der Waals surface area contributed by atoms with Crippen molar-refractivity contribution in [1.29, 1.82) is 0 Å². The highest BCUT2D eigenvalue weighted by Gasteiger charge is 2.52. The molecule has 0 saturated carbocycles. The average Bonchev–Trinajstić information content (AvgIpc) is 2.21. The number of hydrogen-bond donors (Lipinski definition) is 1. The monoisotopic (exact) mass is 176 g/mol. The van der Waals surface area contributed by atoms with Crippen molar-refractivity contribution in [2.24, 2.45) is 0 Å². The average molecular weight is 176 g/mol. The zero-order valence-electron chi connectivity index (χ0n) is 6.91. The van der Waals surface area contributed by atoms with E-state index in [-0.39, 0.29) is 13.2 Å². The molecule has 0 aliphatic carbocycles. The summed E-state index contributed by atoms with van der Waals surface area (Å²) >= 11 is 0. The third-order valence-corrected chi connectivity index (χ3v) is 2.28. The van der Waals surface area contributed by atoms with Gasteiger partial charge in [0, 0.05) is 7.11 Å². The SMILES string of the molecule is COC12COC(CO)(CO1)OC2. The molecule has 5 nitrogen and oxygen atoms in total. The van der Waals surface area contributed by atoms with Crippen LogP contribution >= 0.6 is 0 Å². The van der Waals surface area contributed by atoms with E-state index in [1.54, 1.807) is 7.11 Å². The van der Waals surface area contributed by atoms with Crippen molar-refractivity contribution in [2.75, 3.05) is 33.5 Å². The summed E-state index contributed by atoms with van der Waals surface area (Å²) in [5.41, 5.74) is 0. The normalized spacial score (nSPS) is 46.5. The summed E-state index contributed by atoms with van der Waals surface area (Å²) in [5.74, 6) is -1.70. The summed E-state index contributed by atoms with van der Waals surface area (Å²) in [6.07, 6.45) is 0. The topological polar surface area (TPSA) is 57.2 Å². The molecule has 3 heterocycles. The van der Waals surface area contributed by atoms with E-state index >= 15 is 0 Å². The second-order valence-corrected chi connectivity index (χ2v) is 3.05. The first-order chi connectivity index (χ1) is 5.74. The molecule has 5 heteroatoms. The van der Waals surface area contributed by atoms with E-state index in [0.717, 1.165) is 0 Å². The molecular formula is C7H12O5. The Labute approximate surface area is 70.2 Å². The van der Waals surface area contributed by atoms with Crippen molar-refractivity contribution < 1.29 is 24.1 Å². The van der Waals surface area contributed by atoms with Crippen LogP contribution in [0.2, 0.25) is 0 Å². The molecule has 0 spiro atoms. The van der Waals surface area contributed by atoms with Crippen LogP contribution in [0.1, 0.15) is 0 Å². The minimum absolute atomic E-state index is 0.188. The Kier molecular flexibility index (Phi) is 1.85. The molecule has 3 rings (SSSR count). The summed E-state index contributed by atoms with van der Waals surface area (Å²) in [6, 6.07) is 0. The Morgan fingerprint density at radius 3 is 2.25 bits per heavy atom. The van der Waals surface area contributed by atoms with Crippen molar-refractivity contribution >= 4 is 0 Å². The molecule has 12 heavy (non-hydrogen) atoms. The highest BCUT2D eigenvalue weighted by atomic mass is 16.8. The third kappa shape index (κ3) is 1.06. The van der Waals surface area contributed by atoms with Crippen LogP contribution in [0.4, 0.5) is 0 Å². The van der Waals surface area contributed by atoms with Gasteiger partial charge in [-0.15, -0.1) is 0 Å². The maximum Gasteiger partial charge on any atom is 0.216 e. The van der Waals surface area contributed by atoms with E-state index in [1.807, 2.05) is 0 Å². The number of methoxy groups -OCH3 is 1. The van der Waals surface area contributed by atoms with Gasteiger partial charge in [0.05, 0.1) is 6.61 Å². The van der Waals surface area contributed by atoms with Crippen LogP contribution in [0, 0.1) is 0 Å². The number of hydrogen-bond acceptors (Lipinski definition) is 5. The summed E-state index contributed by atoms with van der Waals surface area (Å²) in [4.78, 5) is 0. The van der Waals surface area contributed by atoms with Gasteiger partial charge < -0.3 is 24.1 Å². The van der Waals surface area contributed by atoms with E-state index in [0.29, 0.717) is 13.2 Å². The maximum atomic E-state index is 8.95. The highest BCUT2D eigenvalue weighted by molar-refractivity contribution is 4.86. The standard InChI is InChI=1S/C7H12O5/c1-9-7-4-10-6(2-8,3-12-7)11-5-7/h8H,2-5H2,1H3. The Morgan fingerprint density at radius 2 is 1.92 bits per heavy atom. The fraction of sp³-hybridized carbons (Fsp3) is 1.00. The quantitative estimate of drug-likeness (QED) is 0.590. The molecule has 0 aromatic rings. The van der Waals surface area contributed by atoms with Crippen LogP contribution in [0.3, 0.4) is 0 Å².